The molecule has 0 aromatic carbocycles. The second kappa shape index (κ2) is 8.84. The van der Waals surface area contributed by atoms with Crippen molar-refractivity contribution in [1.29, 1.82) is 0 Å². The monoisotopic (exact) mass is 133 g/mol. The van der Waals surface area contributed by atoms with Gasteiger partial charge in [0.15, 0.2) is 0 Å². The predicted molar refractivity (Wildman–Crippen MR) is 18.9 cm³/mol. The van der Waals surface area contributed by atoms with Crippen LogP contribution in [0.2, 0.25) is 0 Å². The summed E-state index contributed by atoms with van der Waals surface area (Å²) in [5.41, 5.74) is 0. The molecule has 5 heavy (non-hydrogen) atoms. The summed E-state index contributed by atoms with van der Waals surface area (Å²) in [7, 11) is 0. The first kappa shape index (κ1) is 9.24. The van der Waals surface area contributed by atoms with Gasteiger partial charge in [0.05, 0.1) is 0 Å². The smallest absolute Gasteiger partial charge is 0.147 e. The number of halogens is 1. The Balaban J connectivity index is 0. The molecular formula is C2H6ClCrO. The fourth-order valence-electron chi connectivity index (χ4n) is 0. The van der Waals surface area contributed by atoms with E-state index in [-0.39, 0.29) is 12.4 Å². The van der Waals surface area contributed by atoms with Gasteiger partial charge in [0, 0.05) is 0 Å². The van der Waals surface area contributed by atoms with Gasteiger partial charge in [-0.3, -0.25) is 0 Å². The minimum atomic E-state index is 0. The van der Waals surface area contributed by atoms with Crippen molar-refractivity contribution in [3.05, 3.63) is 0 Å². The van der Waals surface area contributed by atoms with Crippen LogP contribution in [0.1, 0.15) is 6.92 Å². The van der Waals surface area contributed by atoms with E-state index in [1.165, 1.54) is 0 Å². The largest absolute Gasteiger partial charge is 0.147 e. The fraction of sp³-hybridized carbons (Fsp3) is 1.00. The Labute approximate surface area is 46.9 Å². The molecule has 0 saturated heterocycles. The van der Waals surface area contributed by atoms with E-state index >= 15 is 0 Å². The SMILES string of the molecule is CC[O][Cr].Cl. The van der Waals surface area contributed by atoms with Crippen molar-refractivity contribution in [2.75, 3.05) is 6.61 Å². The van der Waals surface area contributed by atoms with Gasteiger partial charge >= 0.3 is 33.9 Å². The van der Waals surface area contributed by atoms with E-state index in [2.05, 4.69) is 20.4 Å². The van der Waals surface area contributed by atoms with Gasteiger partial charge in [-0.25, -0.2) is 0 Å². The molecule has 1 nitrogen and oxygen atoms in total. The summed E-state index contributed by atoms with van der Waals surface area (Å²) < 4.78 is 4.42. The third-order valence-electron chi connectivity index (χ3n) is 0.118. The molecule has 0 heterocycles. The van der Waals surface area contributed by atoms with Crippen LogP contribution in [0, 0.1) is 0 Å². The van der Waals surface area contributed by atoms with Crippen LogP contribution in [0.3, 0.4) is 0 Å². The Morgan fingerprint density at radius 1 is 1.80 bits per heavy atom. The molecule has 0 spiro atoms. The number of hydrogen-bond acceptors (Lipinski definition) is 1. The molecule has 0 aliphatic rings. The Morgan fingerprint density at radius 2 is 2.00 bits per heavy atom. The summed E-state index contributed by atoms with van der Waals surface area (Å²) in [4.78, 5) is 0. The Hall–Kier alpha value is 0.782. The fourth-order valence-corrected chi connectivity index (χ4v) is 0. The van der Waals surface area contributed by atoms with Crippen molar-refractivity contribution in [2.24, 2.45) is 0 Å². The van der Waals surface area contributed by atoms with Gasteiger partial charge in [0.2, 0.25) is 0 Å². The van der Waals surface area contributed by atoms with Crippen LogP contribution in [0.25, 0.3) is 0 Å². The maximum Gasteiger partial charge on any atom is -0.147 e. The van der Waals surface area contributed by atoms with Gasteiger partial charge in [0.25, 0.3) is 0 Å². The molecule has 0 amide bonds. The summed E-state index contributed by atoms with van der Waals surface area (Å²) in [5, 5.41) is 0. The first-order valence-corrected chi connectivity index (χ1v) is 1.68. The van der Waals surface area contributed by atoms with Gasteiger partial charge in [-0.1, -0.05) is 0 Å². The second-order valence-corrected chi connectivity index (χ2v) is 0.775. The first-order valence-electron chi connectivity index (χ1n) is 1.16. The van der Waals surface area contributed by atoms with Gasteiger partial charge in [-0.15, -0.1) is 12.4 Å². The Bertz CT molecular complexity index is 11.6. The summed E-state index contributed by atoms with van der Waals surface area (Å²) in [6.45, 7) is 2.69. The molecule has 0 unspecified atom stereocenters. The third kappa shape index (κ3) is 11.7. The second-order valence-electron chi connectivity index (χ2n) is 0.407. The zero-order valence-electron chi connectivity index (χ0n) is 2.93. The topological polar surface area (TPSA) is 9.23 Å². The molecule has 33 valence electrons. The van der Waals surface area contributed by atoms with Crippen LogP contribution in [0.5, 0.6) is 0 Å². The maximum atomic E-state index is 4.42. The van der Waals surface area contributed by atoms with Gasteiger partial charge in [-0.2, -0.15) is 0 Å². The molecule has 0 bridgehead atoms. The molecule has 0 aliphatic heterocycles. The summed E-state index contributed by atoms with van der Waals surface area (Å²) >= 11 is 2.39. The molecule has 0 aliphatic carbocycles. The molecule has 0 rings (SSSR count). The molecule has 0 atom stereocenters. The van der Waals surface area contributed by atoms with Crippen LogP contribution in [0.15, 0.2) is 0 Å². The molecule has 0 N–H and O–H groups in total. The summed E-state index contributed by atoms with van der Waals surface area (Å²) in [5.74, 6) is 0. The molecular weight excluding hydrogens is 127 g/mol. The van der Waals surface area contributed by atoms with Gasteiger partial charge in [-0.05, 0) is 0 Å². The Morgan fingerprint density at radius 3 is 2.00 bits per heavy atom. The molecule has 3 heteroatoms. The van der Waals surface area contributed by atoms with Crippen LogP contribution in [-0.4, -0.2) is 6.61 Å². The average molecular weight is 134 g/mol. The normalized spacial score (nSPS) is 5.80. The number of rotatable bonds is 1. The van der Waals surface area contributed by atoms with Gasteiger partial charge < -0.3 is 0 Å². The van der Waals surface area contributed by atoms with E-state index in [0.717, 1.165) is 6.61 Å². The van der Waals surface area contributed by atoms with E-state index in [1.54, 1.807) is 0 Å². The van der Waals surface area contributed by atoms with Gasteiger partial charge in [0.1, 0.15) is 0 Å². The Kier molecular flexibility index (Phi) is 16.3. The molecule has 0 fully saturated rings. The van der Waals surface area contributed by atoms with Crippen molar-refractivity contribution in [3.8, 4) is 0 Å². The predicted octanol–water partition coefficient (Wildman–Crippen LogP) is 0.907. The summed E-state index contributed by atoms with van der Waals surface area (Å²) in [6.07, 6.45) is 0. The van der Waals surface area contributed by atoms with E-state index in [9.17, 15) is 0 Å². The van der Waals surface area contributed by atoms with E-state index in [0.29, 0.717) is 0 Å². The average Bonchev–Trinajstić information content (AvgIpc) is 1.37. The van der Waals surface area contributed by atoms with Crippen LogP contribution < -0.4 is 0 Å². The van der Waals surface area contributed by atoms with E-state index in [4.69, 9.17) is 0 Å². The quantitative estimate of drug-likeness (QED) is 0.517. The minimum Gasteiger partial charge on any atom is -0.147 e. The molecule has 0 aromatic rings. The van der Waals surface area contributed by atoms with Crippen LogP contribution in [-0.2, 0) is 20.4 Å². The van der Waals surface area contributed by atoms with Crippen molar-refractivity contribution >= 4 is 12.4 Å². The first-order chi connectivity index (χ1) is 1.91. The van der Waals surface area contributed by atoms with Crippen molar-refractivity contribution in [2.45, 2.75) is 6.92 Å². The van der Waals surface area contributed by atoms with Crippen molar-refractivity contribution in [3.63, 3.8) is 0 Å². The van der Waals surface area contributed by atoms with E-state index < -0.39 is 0 Å². The zero-order chi connectivity index (χ0) is 3.41. The van der Waals surface area contributed by atoms with Crippen LogP contribution >= 0.6 is 12.4 Å². The van der Waals surface area contributed by atoms with Crippen LogP contribution in [0.4, 0.5) is 0 Å². The molecule has 0 radical (unpaired) electrons. The minimum absolute atomic E-state index is 0. The summed E-state index contributed by atoms with van der Waals surface area (Å²) in [6, 6.07) is 0. The van der Waals surface area contributed by atoms with Crippen molar-refractivity contribution < 1.29 is 20.4 Å². The number of hydrogen-bond donors (Lipinski definition) is 0. The third-order valence-corrected chi connectivity index (χ3v) is 0.486. The maximum absolute atomic E-state index is 4.42. The molecule has 0 saturated carbocycles. The van der Waals surface area contributed by atoms with E-state index in [1.807, 2.05) is 6.92 Å². The van der Waals surface area contributed by atoms with Crippen molar-refractivity contribution in [1.82, 2.24) is 0 Å². The zero-order valence-corrected chi connectivity index (χ0v) is 5.02. The molecule has 0 aromatic heterocycles. The standard InChI is InChI=1S/C2H5O.ClH.Cr/c1-2-3;;/h2H2,1H3;1H;/q-1;;+1.